The van der Waals surface area contributed by atoms with Crippen molar-refractivity contribution in [2.24, 2.45) is 5.92 Å². The zero-order valence-corrected chi connectivity index (χ0v) is 14.0. The van der Waals surface area contributed by atoms with Crippen molar-refractivity contribution < 1.29 is 27.6 Å². The van der Waals surface area contributed by atoms with E-state index in [0.29, 0.717) is 5.56 Å². The molecule has 1 amide bonds. The molecule has 0 fully saturated rings. The van der Waals surface area contributed by atoms with Crippen LogP contribution >= 0.6 is 0 Å². The van der Waals surface area contributed by atoms with Crippen LogP contribution in [0.25, 0.3) is 11.3 Å². The lowest BCUT2D eigenvalue weighted by molar-refractivity contribution is -0.137. The molecule has 0 aliphatic rings. The van der Waals surface area contributed by atoms with Gasteiger partial charge in [0.25, 0.3) is 5.91 Å². The van der Waals surface area contributed by atoms with Crippen LogP contribution in [0.15, 0.2) is 28.8 Å². The zero-order chi connectivity index (χ0) is 18.8. The molecule has 1 heterocycles. The smallest absolute Gasteiger partial charge is 0.391 e. The molecule has 136 valence electrons. The highest BCUT2D eigenvalue weighted by Crippen LogP contribution is 2.32. The van der Waals surface area contributed by atoms with Crippen molar-refractivity contribution in [3.05, 3.63) is 41.1 Å². The molecule has 2 aromatic rings. The molecule has 2 N–H and O–H groups in total. The van der Waals surface area contributed by atoms with E-state index in [2.05, 4.69) is 10.5 Å². The molecule has 0 radical (unpaired) electrons. The second-order valence-electron chi connectivity index (χ2n) is 6.08. The highest BCUT2D eigenvalue weighted by Gasteiger charge is 2.30. The van der Waals surface area contributed by atoms with Crippen LogP contribution in [0.2, 0.25) is 0 Å². The third kappa shape index (κ3) is 4.19. The summed E-state index contributed by atoms with van der Waals surface area (Å²) in [6.45, 7) is 5.18. The number of hydrogen-bond acceptors (Lipinski definition) is 4. The Morgan fingerprint density at radius 1 is 1.24 bits per heavy atom. The summed E-state index contributed by atoms with van der Waals surface area (Å²) in [6, 6.07) is 4.10. The first-order valence-electron chi connectivity index (χ1n) is 7.73. The minimum atomic E-state index is -4.45. The van der Waals surface area contributed by atoms with E-state index in [9.17, 15) is 23.1 Å². The predicted molar refractivity (Wildman–Crippen MR) is 84.6 cm³/mol. The molecule has 1 unspecified atom stereocenters. The van der Waals surface area contributed by atoms with E-state index in [4.69, 9.17) is 4.52 Å². The number of carbonyl (C=O) groups is 1. The van der Waals surface area contributed by atoms with Crippen LogP contribution in [0.5, 0.6) is 0 Å². The van der Waals surface area contributed by atoms with E-state index in [0.717, 1.165) is 12.1 Å². The number of aromatic nitrogens is 1. The molecule has 25 heavy (non-hydrogen) atoms. The lowest BCUT2D eigenvalue weighted by Gasteiger charge is -2.16. The minimum absolute atomic E-state index is 0.0681. The molecular formula is C17H19F3N2O3. The van der Waals surface area contributed by atoms with Gasteiger partial charge in [0.1, 0.15) is 0 Å². The number of rotatable bonds is 5. The summed E-state index contributed by atoms with van der Waals surface area (Å²) in [4.78, 5) is 12.3. The summed E-state index contributed by atoms with van der Waals surface area (Å²) in [5, 5.41) is 16.0. The Labute approximate surface area is 142 Å². The average Bonchev–Trinajstić information content (AvgIpc) is 2.97. The predicted octanol–water partition coefficient (Wildman–Crippen LogP) is 3.63. The maximum Gasteiger partial charge on any atom is 0.416 e. The van der Waals surface area contributed by atoms with Crippen molar-refractivity contribution in [2.75, 3.05) is 0 Å². The Kier molecular flexibility index (Phi) is 5.52. The van der Waals surface area contributed by atoms with Gasteiger partial charge in [-0.2, -0.15) is 13.2 Å². The zero-order valence-electron chi connectivity index (χ0n) is 14.0. The molecule has 1 aromatic carbocycles. The Bertz CT molecular complexity index is 737. The number of nitrogens with one attached hydrogen (secondary N) is 1. The van der Waals surface area contributed by atoms with Gasteiger partial charge < -0.3 is 14.9 Å². The maximum absolute atomic E-state index is 12.6. The van der Waals surface area contributed by atoms with Gasteiger partial charge in [-0.15, -0.1) is 0 Å². The summed E-state index contributed by atoms with van der Waals surface area (Å²) >= 11 is 0. The molecule has 0 bridgehead atoms. The van der Waals surface area contributed by atoms with E-state index < -0.39 is 24.3 Å². The van der Waals surface area contributed by atoms with Crippen LogP contribution in [0, 0.1) is 5.92 Å². The number of alkyl halides is 3. The van der Waals surface area contributed by atoms with Crippen LogP contribution in [-0.4, -0.2) is 22.2 Å². The van der Waals surface area contributed by atoms with Crippen LogP contribution in [-0.2, 0) is 12.8 Å². The fourth-order valence-electron chi connectivity index (χ4n) is 2.11. The van der Waals surface area contributed by atoms with E-state index >= 15 is 0 Å². The largest absolute Gasteiger partial charge is 0.416 e. The maximum atomic E-state index is 12.6. The Morgan fingerprint density at radius 2 is 1.84 bits per heavy atom. The van der Waals surface area contributed by atoms with Gasteiger partial charge in [0.05, 0.1) is 17.7 Å². The summed E-state index contributed by atoms with van der Waals surface area (Å²) in [5.41, 5.74) is -0.455. The van der Waals surface area contributed by atoms with Gasteiger partial charge >= 0.3 is 6.18 Å². The normalized spacial score (nSPS) is 13.1. The minimum Gasteiger partial charge on any atom is -0.391 e. The molecule has 0 saturated carbocycles. The first kappa shape index (κ1) is 19.0. The number of halogens is 3. The highest BCUT2D eigenvalue weighted by molar-refractivity contribution is 5.95. The van der Waals surface area contributed by atoms with E-state index in [-0.39, 0.29) is 29.0 Å². The quantitative estimate of drug-likeness (QED) is 0.858. The molecule has 5 nitrogen and oxygen atoms in total. The first-order valence-corrected chi connectivity index (χ1v) is 7.73. The van der Waals surface area contributed by atoms with E-state index in [1.807, 2.05) is 20.8 Å². The van der Waals surface area contributed by atoms with Crippen molar-refractivity contribution in [1.29, 1.82) is 0 Å². The highest BCUT2D eigenvalue weighted by atomic mass is 19.4. The Morgan fingerprint density at radius 3 is 2.32 bits per heavy atom. The molecule has 0 aliphatic heterocycles. The van der Waals surface area contributed by atoms with Crippen molar-refractivity contribution in [3.8, 4) is 11.3 Å². The summed E-state index contributed by atoms with van der Waals surface area (Å²) < 4.78 is 43.0. The number of aliphatic hydroxyl groups is 1. The fraction of sp³-hybridized carbons (Fsp3) is 0.412. The van der Waals surface area contributed by atoms with E-state index in [1.165, 1.54) is 12.1 Å². The fourth-order valence-corrected chi connectivity index (χ4v) is 2.11. The van der Waals surface area contributed by atoms with Crippen molar-refractivity contribution in [1.82, 2.24) is 10.5 Å². The number of carbonyl (C=O) groups excluding carboxylic acids is 1. The average molecular weight is 356 g/mol. The molecule has 1 atom stereocenters. The van der Waals surface area contributed by atoms with Gasteiger partial charge in [-0.1, -0.05) is 31.1 Å². The third-order valence-electron chi connectivity index (χ3n) is 3.99. The van der Waals surface area contributed by atoms with Crippen LogP contribution in [0.4, 0.5) is 13.2 Å². The molecular weight excluding hydrogens is 337 g/mol. The molecule has 1 aromatic heterocycles. The van der Waals surface area contributed by atoms with Gasteiger partial charge in [0, 0.05) is 11.6 Å². The lowest BCUT2D eigenvalue weighted by Crippen LogP contribution is -2.36. The second kappa shape index (κ2) is 7.26. The monoisotopic (exact) mass is 356 g/mol. The summed E-state index contributed by atoms with van der Waals surface area (Å²) in [6.07, 6.45) is -4.45. The number of amides is 1. The third-order valence-corrected chi connectivity index (χ3v) is 3.99. The SMILES string of the molecule is CC(C)C(C)NC(=O)c1noc(-c2ccc(C(F)(F)F)cc2)c1CO. The van der Waals surface area contributed by atoms with Gasteiger partial charge in [-0.05, 0) is 25.0 Å². The van der Waals surface area contributed by atoms with Crippen molar-refractivity contribution in [2.45, 2.75) is 39.6 Å². The topological polar surface area (TPSA) is 75.4 Å². The first-order chi connectivity index (χ1) is 11.6. The number of nitrogens with zero attached hydrogens (tertiary/aromatic N) is 1. The number of hydrogen-bond donors (Lipinski definition) is 2. The molecule has 0 saturated heterocycles. The molecule has 0 aliphatic carbocycles. The van der Waals surface area contributed by atoms with Crippen molar-refractivity contribution >= 4 is 5.91 Å². The van der Waals surface area contributed by atoms with Crippen LogP contribution < -0.4 is 5.32 Å². The van der Waals surface area contributed by atoms with E-state index in [1.54, 1.807) is 0 Å². The molecule has 8 heteroatoms. The standard InChI is InChI=1S/C17H19F3N2O3/c1-9(2)10(3)21-16(24)14-13(8-23)15(25-22-14)11-4-6-12(7-5-11)17(18,19)20/h4-7,9-10,23H,8H2,1-3H3,(H,21,24). The molecule has 0 spiro atoms. The Balaban J connectivity index is 2.32. The van der Waals surface area contributed by atoms with Gasteiger partial charge in [0.2, 0.25) is 0 Å². The number of benzene rings is 1. The Hall–Kier alpha value is -2.35. The van der Waals surface area contributed by atoms with Gasteiger partial charge in [-0.25, -0.2) is 0 Å². The molecule has 2 rings (SSSR count). The second-order valence-corrected chi connectivity index (χ2v) is 6.08. The lowest BCUT2D eigenvalue weighted by atomic mass is 10.0. The van der Waals surface area contributed by atoms with Crippen molar-refractivity contribution in [3.63, 3.8) is 0 Å². The summed E-state index contributed by atoms with van der Waals surface area (Å²) in [5.74, 6) is -0.242. The summed E-state index contributed by atoms with van der Waals surface area (Å²) in [7, 11) is 0. The van der Waals surface area contributed by atoms with Crippen LogP contribution in [0.3, 0.4) is 0 Å². The van der Waals surface area contributed by atoms with Gasteiger partial charge in [-0.3, -0.25) is 4.79 Å². The van der Waals surface area contributed by atoms with Gasteiger partial charge in [0.15, 0.2) is 11.5 Å². The number of aliphatic hydroxyl groups excluding tert-OH is 1. The van der Waals surface area contributed by atoms with Crippen LogP contribution in [0.1, 0.15) is 42.4 Å².